The first-order chi connectivity index (χ1) is 13.5. The highest BCUT2D eigenvalue weighted by molar-refractivity contribution is 6.42. The minimum absolute atomic E-state index is 0.156. The van der Waals surface area contributed by atoms with E-state index in [1.54, 1.807) is 24.5 Å². The lowest BCUT2D eigenvalue weighted by Gasteiger charge is -2.20. The number of hydrogen-bond donors (Lipinski definition) is 1. The standard InChI is InChI=1S/C22H15Cl3N2O/c23-15-5-6-16(27-12-15)11-18(14-4-8-19(24)20(25)10-14)17-7-3-13-2-1-9-26-21(13)22(17)28/h1-10,12,18,28H,11H2. The van der Waals surface area contributed by atoms with Gasteiger partial charge in [0.25, 0.3) is 0 Å². The Labute approximate surface area is 177 Å². The van der Waals surface area contributed by atoms with Gasteiger partial charge in [-0.05, 0) is 35.9 Å². The van der Waals surface area contributed by atoms with E-state index in [-0.39, 0.29) is 11.7 Å². The molecule has 140 valence electrons. The summed E-state index contributed by atoms with van der Waals surface area (Å²) in [5, 5.41) is 13.4. The Morgan fingerprint density at radius 3 is 2.50 bits per heavy atom. The van der Waals surface area contributed by atoms with Crippen LogP contribution < -0.4 is 0 Å². The van der Waals surface area contributed by atoms with Crippen LogP contribution >= 0.6 is 34.8 Å². The van der Waals surface area contributed by atoms with Crippen LogP contribution in [-0.2, 0) is 6.42 Å². The van der Waals surface area contributed by atoms with Crippen LogP contribution in [-0.4, -0.2) is 15.1 Å². The van der Waals surface area contributed by atoms with Gasteiger partial charge in [-0.2, -0.15) is 0 Å². The Morgan fingerprint density at radius 1 is 0.893 bits per heavy atom. The van der Waals surface area contributed by atoms with Gasteiger partial charge in [0, 0.05) is 41.4 Å². The van der Waals surface area contributed by atoms with E-state index < -0.39 is 0 Å². The molecule has 4 rings (SSSR count). The third kappa shape index (κ3) is 3.79. The maximum absolute atomic E-state index is 11.0. The Morgan fingerprint density at radius 2 is 1.75 bits per heavy atom. The second kappa shape index (κ2) is 7.96. The van der Waals surface area contributed by atoms with Gasteiger partial charge in [-0.1, -0.05) is 59.1 Å². The Bertz CT molecular complexity index is 1150. The molecule has 1 unspecified atom stereocenters. The zero-order valence-corrected chi connectivity index (χ0v) is 16.9. The van der Waals surface area contributed by atoms with Crippen molar-refractivity contribution in [2.24, 2.45) is 0 Å². The predicted octanol–water partition coefficient (Wildman–Crippen LogP) is 6.67. The number of rotatable bonds is 4. The maximum atomic E-state index is 11.0. The molecule has 0 radical (unpaired) electrons. The molecule has 4 aromatic rings. The van der Waals surface area contributed by atoms with Gasteiger partial charge in [0.05, 0.1) is 15.1 Å². The van der Waals surface area contributed by atoms with Crippen LogP contribution in [0.25, 0.3) is 10.9 Å². The van der Waals surface area contributed by atoms with Crippen LogP contribution in [0.15, 0.2) is 67.0 Å². The number of phenolic OH excluding ortho intramolecular Hbond substituents is 1. The van der Waals surface area contributed by atoms with Gasteiger partial charge in [0.1, 0.15) is 11.3 Å². The number of benzene rings is 2. The second-order valence-electron chi connectivity index (χ2n) is 6.48. The highest BCUT2D eigenvalue weighted by Gasteiger charge is 2.22. The molecule has 2 aromatic carbocycles. The Hall–Kier alpha value is -2.33. The van der Waals surface area contributed by atoms with Crippen molar-refractivity contribution in [2.45, 2.75) is 12.3 Å². The Balaban J connectivity index is 1.85. The summed E-state index contributed by atoms with van der Waals surface area (Å²) >= 11 is 18.3. The fourth-order valence-electron chi connectivity index (χ4n) is 3.30. The SMILES string of the molecule is Oc1c(C(Cc2ccc(Cl)cn2)c2ccc(Cl)c(Cl)c2)ccc2cccnc12. The number of fused-ring (bicyclic) bond motifs is 1. The normalized spacial score (nSPS) is 12.2. The third-order valence-corrected chi connectivity index (χ3v) is 5.67. The molecule has 0 bridgehead atoms. The van der Waals surface area contributed by atoms with Crippen LogP contribution in [0.4, 0.5) is 0 Å². The number of nitrogens with zero attached hydrogens (tertiary/aromatic N) is 2. The number of phenols is 1. The van der Waals surface area contributed by atoms with Crippen molar-refractivity contribution in [3.63, 3.8) is 0 Å². The van der Waals surface area contributed by atoms with Gasteiger partial charge in [-0.15, -0.1) is 0 Å². The summed E-state index contributed by atoms with van der Waals surface area (Å²) in [4.78, 5) is 8.75. The van der Waals surface area contributed by atoms with E-state index in [1.165, 1.54) is 0 Å². The lowest BCUT2D eigenvalue weighted by Crippen LogP contribution is -2.07. The lowest BCUT2D eigenvalue weighted by atomic mass is 9.86. The highest BCUT2D eigenvalue weighted by Crippen LogP contribution is 2.39. The zero-order chi connectivity index (χ0) is 19.7. The molecular formula is C22H15Cl3N2O. The second-order valence-corrected chi connectivity index (χ2v) is 7.73. The first-order valence-electron chi connectivity index (χ1n) is 8.65. The predicted molar refractivity (Wildman–Crippen MR) is 115 cm³/mol. The fourth-order valence-corrected chi connectivity index (χ4v) is 3.72. The molecule has 1 atom stereocenters. The number of pyridine rings is 2. The molecule has 2 aromatic heterocycles. The van der Waals surface area contributed by atoms with Gasteiger partial charge in [0.2, 0.25) is 0 Å². The summed E-state index contributed by atoms with van der Waals surface area (Å²) in [6.07, 6.45) is 3.84. The third-order valence-electron chi connectivity index (χ3n) is 4.70. The van der Waals surface area contributed by atoms with Gasteiger partial charge < -0.3 is 5.11 Å². The summed E-state index contributed by atoms with van der Waals surface area (Å²) in [6, 6.07) is 16.8. The van der Waals surface area contributed by atoms with Crippen molar-refractivity contribution in [1.82, 2.24) is 9.97 Å². The number of halogens is 3. The minimum atomic E-state index is -0.185. The molecule has 2 heterocycles. The summed E-state index contributed by atoms with van der Waals surface area (Å²) in [7, 11) is 0. The molecule has 0 saturated carbocycles. The van der Waals surface area contributed by atoms with Crippen LogP contribution in [0.1, 0.15) is 22.7 Å². The minimum Gasteiger partial charge on any atom is -0.505 e. The molecule has 0 aliphatic heterocycles. The fraction of sp³-hybridized carbons (Fsp3) is 0.0909. The first-order valence-corrected chi connectivity index (χ1v) is 9.78. The quantitative estimate of drug-likeness (QED) is 0.394. The first kappa shape index (κ1) is 19.0. The van der Waals surface area contributed by atoms with Crippen molar-refractivity contribution in [3.05, 3.63) is 98.9 Å². The molecule has 0 aliphatic rings. The van der Waals surface area contributed by atoms with Crippen LogP contribution in [0.2, 0.25) is 15.1 Å². The van der Waals surface area contributed by atoms with Crippen molar-refractivity contribution in [2.75, 3.05) is 0 Å². The largest absolute Gasteiger partial charge is 0.505 e. The van der Waals surface area contributed by atoms with Gasteiger partial charge in [0.15, 0.2) is 0 Å². The molecule has 3 nitrogen and oxygen atoms in total. The average Bonchev–Trinajstić information content (AvgIpc) is 2.71. The summed E-state index contributed by atoms with van der Waals surface area (Å²) < 4.78 is 0. The highest BCUT2D eigenvalue weighted by atomic mass is 35.5. The van der Waals surface area contributed by atoms with E-state index in [0.29, 0.717) is 27.0 Å². The lowest BCUT2D eigenvalue weighted by molar-refractivity contribution is 0.469. The van der Waals surface area contributed by atoms with E-state index in [4.69, 9.17) is 34.8 Å². The maximum Gasteiger partial charge on any atom is 0.145 e. The van der Waals surface area contributed by atoms with Crippen LogP contribution in [0, 0.1) is 0 Å². The number of aromatic nitrogens is 2. The van der Waals surface area contributed by atoms with Gasteiger partial charge in [-0.3, -0.25) is 9.97 Å². The smallest absolute Gasteiger partial charge is 0.145 e. The van der Waals surface area contributed by atoms with Crippen molar-refractivity contribution < 1.29 is 5.11 Å². The molecule has 0 spiro atoms. The van der Waals surface area contributed by atoms with Crippen LogP contribution in [0.5, 0.6) is 5.75 Å². The van der Waals surface area contributed by atoms with Crippen molar-refractivity contribution >= 4 is 45.7 Å². The van der Waals surface area contributed by atoms with E-state index in [2.05, 4.69) is 9.97 Å². The van der Waals surface area contributed by atoms with E-state index in [0.717, 1.165) is 22.2 Å². The molecule has 0 aliphatic carbocycles. The number of aromatic hydroxyl groups is 1. The molecular weight excluding hydrogens is 415 g/mol. The van der Waals surface area contributed by atoms with Crippen molar-refractivity contribution in [3.8, 4) is 5.75 Å². The average molecular weight is 430 g/mol. The summed E-state index contributed by atoms with van der Waals surface area (Å²) in [5.74, 6) is -0.0296. The summed E-state index contributed by atoms with van der Waals surface area (Å²) in [6.45, 7) is 0. The van der Waals surface area contributed by atoms with Gasteiger partial charge in [-0.25, -0.2) is 0 Å². The monoisotopic (exact) mass is 428 g/mol. The van der Waals surface area contributed by atoms with Crippen LogP contribution in [0.3, 0.4) is 0 Å². The molecule has 1 N–H and O–H groups in total. The molecule has 0 saturated heterocycles. The van der Waals surface area contributed by atoms with E-state index in [9.17, 15) is 5.11 Å². The van der Waals surface area contributed by atoms with E-state index >= 15 is 0 Å². The molecule has 0 amide bonds. The number of hydrogen-bond acceptors (Lipinski definition) is 3. The van der Waals surface area contributed by atoms with Gasteiger partial charge >= 0.3 is 0 Å². The van der Waals surface area contributed by atoms with Crippen molar-refractivity contribution in [1.29, 1.82) is 0 Å². The topological polar surface area (TPSA) is 46.0 Å². The van der Waals surface area contributed by atoms with E-state index in [1.807, 2.05) is 42.5 Å². The molecule has 28 heavy (non-hydrogen) atoms. The zero-order valence-electron chi connectivity index (χ0n) is 14.6. The molecule has 6 heteroatoms. The summed E-state index contributed by atoms with van der Waals surface area (Å²) in [5.41, 5.74) is 3.09. The Kier molecular flexibility index (Phi) is 5.40. The molecule has 0 fully saturated rings.